The van der Waals surface area contributed by atoms with E-state index in [1.165, 1.54) is 0 Å². The molecule has 1 aromatic rings. The van der Waals surface area contributed by atoms with Gasteiger partial charge in [0.2, 0.25) is 5.91 Å². The SMILES string of the molecule is CN(Cc1ccsc1)C(=O)C1(N)C2CCOC2C1(C)C. The van der Waals surface area contributed by atoms with Crippen molar-refractivity contribution in [2.24, 2.45) is 17.1 Å². The highest BCUT2D eigenvalue weighted by atomic mass is 32.1. The molecule has 3 atom stereocenters. The Morgan fingerprint density at radius 1 is 1.60 bits per heavy atom. The van der Waals surface area contributed by atoms with Gasteiger partial charge in [0.1, 0.15) is 5.54 Å². The zero-order valence-corrected chi connectivity index (χ0v) is 13.1. The summed E-state index contributed by atoms with van der Waals surface area (Å²) in [5, 5.41) is 4.10. The number of nitrogens with two attached hydrogens (primary N) is 1. The zero-order valence-electron chi connectivity index (χ0n) is 12.3. The van der Waals surface area contributed by atoms with Gasteiger partial charge in [0, 0.05) is 31.5 Å². The van der Waals surface area contributed by atoms with Gasteiger partial charge in [-0.1, -0.05) is 13.8 Å². The third kappa shape index (κ3) is 1.70. The Labute approximate surface area is 123 Å². The predicted molar refractivity (Wildman–Crippen MR) is 79.3 cm³/mol. The van der Waals surface area contributed by atoms with Crippen molar-refractivity contribution in [1.82, 2.24) is 4.90 Å². The number of rotatable bonds is 3. The first-order valence-corrected chi connectivity index (χ1v) is 8.00. The van der Waals surface area contributed by atoms with Crippen molar-refractivity contribution in [2.75, 3.05) is 13.7 Å². The molecule has 110 valence electrons. The van der Waals surface area contributed by atoms with E-state index >= 15 is 0 Å². The fourth-order valence-corrected chi connectivity index (χ4v) is 4.52. The van der Waals surface area contributed by atoms with E-state index < -0.39 is 5.54 Å². The molecule has 1 amide bonds. The van der Waals surface area contributed by atoms with Crippen molar-refractivity contribution < 1.29 is 9.53 Å². The van der Waals surface area contributed by atoms with Crippen molar-refractivity contribution in [2.45, 2.75) is 38.5 Å². The molecular weight excluding hydrogens is 272 g/mol. The molecule has 1 aliphatic heterocycles. The van der Waals surface area contributed by atoms with Gasteiger partial charge in [0.25, 0.3) is 0 Å². The van der Waals surface area contributed by atoms with E-state index in [0.717, 1.165) is 18.6 Å². The molecule has 0 aromatic carbocycles. The molecule has 4 nitrogen and oxygen atoms in total. The van der Waals surface area contributed by atoms with Crippen LogP contribution in [-0.4, -0.2) is 36.1 Å². The molecule has 2 aliphatic rings. The minimum atomic E-state index is -0.793. The molecule has 0 radical (unpaired) electrons. The average molecular weight is 294 g/mol. The van der Waals surface area contributed by atoms with Crippen LogP contribution in [0.25, 0.3) is 0 Å². The van der Waals surface area contributed by atoms with Crippen LogP contribution in [0.15, 0.2) is 16.8 Å². The topological polar surface area (TPSA) is 55.6 Å². The normalized spacial score (nSPS) is 34.4. The molecule has 0 spiro atoms. The van der Waals surface area contributed by atoms with Crippen LogP contribution in [0.5, 0.6) is 0 Å². The number of thiophene rings is 1. The molecule has 5 heteroatoms. The summed E-state index contributed by atoms with van der Waals surface area (Å²) < 4.78 is 5.75. The molecule has 1 aliphatic carbocycles. The van der Waals surface area contributed by atoms with Gasteiger partial charge in [-0.2, -0.15) is 11.3 Å². The second kappa shape index (κ2) is 4.55. The number of nitrogens with zero attached hydrogens (tertiary/aromatic N) is 1. The lowest BCUT2D eigenvalue weighted by Crippen LogP contribution is -2.80. The zero-order chi connectivity index (χ0) is 14.5. The summed E-state index contributed by atoms with van der Waals surface area (Å²) in [6, 6.07) is 2.05. The van der Waals surface area contributed by atoms with Gasteiger partial charge in [-0.25, -0.2) is 0 Å². The van der Waals surface area contributed by atoms with Crippen molar-refractivity contribution in [1.29, 1.82) is 0 Å². The Morgan fingerprint density at radius 3 is 3.00 bits per heavy atom. The van der Waals surface area contributed by atoms with Crippen LogP contribution in [0, 0.1) is 11.3 Å². The summed E-state index contributed by atoms with van der Waals surface area (Å²) in [4.78, 5) is 14.6. The van der Waals surface area contributed by atoms with Crippen molar-refractivity contribution in [3.8, 4) is 0 Å². The third-order valence-corrected chi connectivity index (χ3v) is 5.89. The van der Waals surface area contributed by atoms with E-state index in [2.05, 4.69) is 19.2 Å². The number of hydrogen-bond acceptors (Lipinski definition) is 4. The quantitative estimate of drug-likeness (QED) is 0.925. The molecule has 1 saturated carbocycles. The van der Waals surface area contributed by atoms with Crippen LogP contribution in [0.4, 0.5) is 0 Å². The lowest BCUT2D eigenvalue weighted by Gasteiger charge is -2.61. The number of ether oxygens (including phenoxy) is 1. The Kier molecular flexibility index (Phi) is 3.19. The number of amides is 1. The van der Waals surface area contributed by atoms with E-state index in [4.69, 9.17) is 10.5 Å². The maximum absolute atomic E-state index is 12.9. The highest BCUT2D eigenvalue weighted by Crippen LogP contribution is 2.58. The lowest BCUT2D eigenvalue weighted by atomic mass is 9.47. The van der Waals surface area contributed by atoms with Crippen molar-refractivity contribution in [3.63, 3.8) is 0 Å². The fraction of sp³-hybridized carbons (Fsp3) is 0.667. The fourth-order valence-electron chi connectivity index (χ4n) is 3.86. The highest BCUT2D eigenvalue weighted by molar-refractivity contribution is 7.07. The third-order valence-electron chi connectivity index (χ3n) is 5.15. The van der Waals surface area contributed by atoms with Crippen LogP contribution in [-0.2, 0) is 16.1 Å². The van der Waals surface area contributed by atoms with Crippen LogP contribution < -0.4 is 5.73 Å². The lowest BCUT2D eigenvalue weighted by molar-refractivity contribution is -0.183. The van der Waals surface area contributed by atoms with Crippen LogP contribution in [0.1, 0.15) is 25.8 Å². The molecule has 2 fully saturated rings. The second-order valence-corrected chi connectivity index (χ2v) is 7.35. The summed E-state index contributed by atoms with van der Waals surface area (Å²) in [7, 11) is 1.84. The molecular formula is C15H22N2O2S. The van der Waals surface area contributed by atoms with Crippen LogP contribution in [0.2, 0.25) is 0 Å². The van der Waals surface area contributed by atoms with Gasteiger partial charge in [0.15, 0.2) is 0 Å². The van der Waals surface area contributed by atoms with Gasteiger partial charge in [-0.05, 0) is 28.8 Å². The summed E-state index contributed by atoms with van der Waals surface area (Å²) in [5.74, 6) is 0.204. The summed E-state index contributed by atoms with van der Waals surface area (Å²) >= 11 is 1.65. The van der Waals surface area contributed by atoms with E-state index in [1.807, 2.05) is 18.5 Å². The Bertz CT molecular complexity index is 514. The van der Waals surface area contributed by atoms with E-state index in [9.17, 15) is 4.79 Å². The maximum atomic E-state index is 12.9. The molecule has 1 saturated heterocycles. The number of carbonyl (C=O) groups is 1. The Hall–Kier alpha value is -0.910. The Balaban J connectivity index is 1.79. The standard InChI is InChI=1S/C15H22N2O2S/c1-14(2)12-11(4-6-19-12)15(14,16)13(18)17(3)8-10-5-7-20-9-10/h5,7,9,11-12H,4,6,8,16H2,1-3H3. The summed E-state index contributed by atoms with van der Waals surface area (Å²) in [5.41, 5.74) is 6.64. The predicted octanol–water partition coefficient (Wildman–Crippen LogP) is 1.85. The summed E-state index contributed by atoms with van der Waals surface area (Å²) in [6.45, 7) is 5.44. The number of hydrogen-bond donors (Lipinski definition) is 1. The van der Waals surface area contributed by atoms with Crippen molar-refractivity contribution >= 4 is 17.2 Å². The van der Waals surface area contributed by atoms with E-state index in [-0.39, 0.29) is 23.3 Å². The molecule has 0 bridgehead atoms. The average Bonchev–Trinajstić information content (AvgIpc) is 3.06. The molecule has 3 rings (SSSR count). The molecule has 2 N–H and O–H groups in total. The molecule has 2 heterocycles. The van der Waals surface area contributed by atoms with Gasteiger partial charge < -0.3 is 15.4 Å². The molecule has 3 unspecified atom stereocenters. The first-order chi connectivity index (χ1) is 9.39. The largest absolute Gasteiger partial charge is 0.377 e. The minimum absolute atomic E-state index is 0.0421. The van der Waals surface area contributed by atoms with Gasteiger partial charge in [0.05, 0.1) is 6.10 Å². The van der Waals surface area contributed by atoms with E-state index in [1.54, 1.807) is 16.2 Å². The Morgan fingerprint density at radius 2 is 2.35 bits per heavy atom. The van der Waals surface area contributed by atoms with Gasteiger partial charge in [-0.15, -0.1) is 0 Å². The first kappa shape index (κ1) is 14.0. The number of likely N-dealkylation sites (N-methyl/N-ethyl adjacent to an activating group) is 1. The monoisotopic (exact) mass is 294 g/mol. The van der Waals surface area contributed by atoms with Crippen LogP contribution in [0.3, 0.4) is 0 Å². The molecule has 1 aromatic heterocycles. The van der Waals surface area contributed by atoms with Gasteiger partial charge >= 0.3 is 0 Å². The smallest absolute Gasteiger partial charge is 0.243 e. The van der Waals surface area contributed by atoms with Gasteiger partial charge in [-0.3, -0.25) is 4.79 Å². The summed E-state index contributed by atoms with van der Waals surface area (Å²) in [6.07, 6.45) is 1.02. The van der Waals surface area contributed by atoms with Crippen LogP contribution >= 0.6 is 11.3 Å². The van der Waals surface area contributed by atoms with Crippen molar-refractivity contribution in [3.05, 3.63) is 22.4 Å². The van der Waals surface area contributed by atoms with E-state index in [0.29, 0.717) is 6.54 Å². The maximum Gasteiger partial charge on any atom is 0.243 e. The minimum Gasteiger partial charge on any atom is -0.377 e. The number of carbonyl (C=O) groups excluding carboxylic acids is 1. The second-order valence-electron chi connectivity index (χ2n) is 6.57. The molecule has 20 heavy (non-hydrogen) atoms. The number of fused-ring (bicyclic) bond motifs is 1. The first-order valence-electron chi connectivity index (χ1n) is 7.06. The highest BCUT2D eigenvalue weighted by Gasteiger charge is 2.71.